The van der Waals surface area contributed by atoms with E-state index in [2.05, 4.69) is 4.98 Å². The van der Waals surface area contributed by atoms with Crippen LogP contribution in [0.3, 0.4) is 0 Å². The van der Waals surface area contributed by atoms with E-state index in [4.69, 9.17) is 0 Å². The molecule has 0 spiro atoms. The molecule has 1 aromatic heterocycles. The number of benzene rings is 1. The van der Waals surface area contributed by atoms with Gasteiger partial charge in [-0.25, -0.2) is 13.4 Å². The van der Waals surface area contributed by atoms with E-state index in [9.17, 15) is 13.2 Å². The van der Waals surface area contributed by atoms with Crippen molar-refractivity contribution in [3.8, 4) is 0 Å². The Balaban J connectivity index is 1.70. The van der Waals surface area contributed by atoms with E-state index in [0.717, 1.165) is 29.7 Å². The Hall–Kier alpha value is -1.89. The smallest absolute Gasteiger partial charge is 0.237 e. The van der Waals surface area contributed by atoms with Crippen molar-refractivity contribution in [2.24, 2.45) is 7.05 Å². The number of carbonyl (C=O) groups is 1. The molecule has 1 heterocycles. The van der Waals surface area contributed by atoms with Crippen LogP contribution in [0.25, 0.3) is 11.0 Å². The van der Waals surface area contributed by atoms with Gasteiger partial charge in [-0.3, -0.25) is 4.79 Å². The minimum atomic E-state index is -3.35. The fraction of sp³-hybridized carbons (Fsp3) is 0.529. The van der Waals surface area contributed by atoms with E-state index in [1.165, 1.54) is 4.90 Å². The first-order valence-corrected chi connectivity index (χ1v) is 9.96. The van der Waals surface area contributed by atoms with Gasteiger partial charge < -0.3 is 9.47 Å². The molecule has 130 valence electrons. The lowest BCUT2D eigenvalue weighted by atomic mass is 10.3. The molecule has 7 heteroatoms. The average molecular weight is 349 g/mol. The fourth-order valence-corrected chi connectivity index (χ4v) is 5.14. The summed E-state index contributed by atoms with van der Waals surface area (Å²) in [7, 11) is 0.182. The van der Waals surface area contributed by atoms with E-state index in [1.54, 1.807) is 7.05 Å². The molecule has 24 heavy (non-hydrogen) atoms. The van der Waals surface area contributed by atoms with Crippen LogP contribution < -0.4 is 0 Å². The zero-order valence-electron chi connectivity index (χ0n) is 14.1. The number of carbonyl (C=O) groups excluding carboxylic acids is 1. The summed E-state index contributed by atoms with van der Waals surface area (Å²) in [5, 5.41) is -0.342. The second-order valence-corrected chi connectivity index (χ2v) is 8.82. The monoisotopic (exact) mass is 349 g/mol. The van der Waals surface area contributed by atoms with E-state index < -0.39 is 15.6 Å². The van der Waals surface area contributed by atoms with Crippen molar-refractivity contribution in [1.82, 2.24) is 14.5 Å². The first kappa shape index (κ1) is 17.0. The summed E-state index contributed by atoms with van der Waals surface area (Å²) in [5.74, 6) is -0.0303. The predicted octanol–water partition coefficient (Wildman–Crippen LogP) is 1.89. The van der Waals surface area contributed by atoms with Gasteiger partial charge in [0.15, 0.2) is 9.84 Å². The molecule has 0 radical (unpaired) electrons. The van der Waals surface area contributed by atoms with E-state index >= 15 is 0 Å². The normalized spacial score (nSPS) is 15.9. The molecule has 0 N–H and O–H groups in total. The maximum absolute atomic E-state index is 12.4. The number of sulfone groups is 1. The first-order chi connectivity index (χ1) is 11.4. The highest BCUT2D eigenvalue weighted by atomic mass is 32.2. The average Bonchev–Trinajstić information content (AvgIpc) is 3.17. The quantitative estimate of drug-likeness (QED) is 0.826. The summed E-state index contributed by atoms with van der Waals surface area (Å²) in [5.41, 5.74) is 1.86. The van der Waals surface area contributed by atoms with Crippen molar-refractivity contribution in [2.75, 3.05) is 12.8 Å². The van der Waals surface area contributed by atoms with Gasteiger partial charge in [-0.1, -0.05) is 25.0 Å². The molecule has 1 amide bonds. The summed E-state index contributed by atoms with van der Waals surface area (Å²) >= 11 is 0. The molecule has 0 atom stereocenters. The number of aryl methyl sites for hydroxylation is 1. The molecule has 3 rings (SSSR count). The third kappa shape index (κ3) is 3.31. The lowest BCUT2D eigenvalue weighted by molar-refractivity contribution is -0.127. The molecule has 1 aliphatic carbocycles. The van der Waals surface area contributed by atoms with Crippen molar-refractivity contribution in [1.29, 1.82) is 0 Å². The second-order valence-electron chi connectivity index (χ2n) is 6.54. The zero-order valence-corrected chi connectivity index (χ0v) is 14.9. The van der Waals surface area contributed by atoms with Gasteiger partial charge >= 0.3 is 0 Å². The third-order valence-electron chi connectivity index (χ3n) is 4.82. The van der Waals surface area contributed by atoms with Crippen molar-refractivity contribution in [3.05, 3.63) is 30.1 Å². The largest absolute Gasteiger partial charge is 0.337 e. The summed E-state index contributed by atoms with van der Waals surface area (Å²) in [6.07, 6.45) is 3.25. The molecule has 2 aromatic rings. The van der Waals surface area contributed by atoms with Gasteiger partial charge in [0.05, 0.1) is 22.8 Å². The molecule has 0 unspecified atom stereocenters. The molecule has 1 fully saturated rings. The van der Waals surface area contributed by atoms with Crippen LogP contribution in [0.4, 0.5) is 0 Å². The molecular weight excluding hydrogens is 326 g/mol. The maximum atomic E-state index is 12.4. The van der Waals surface area contributed by atoms with Crippen molar-refractivity contribution >= 4 is 26.8 Å². The van der Waals surface area contributed by atoms with Crippen LogP contribution in [0.2, 0.25) is 0 Å². The number of nitrogens with zero attached hydrogens (tertiary/aromatic N) is 3. The van der Waals surface area contributed by atoms with Gasteiger partial charge in [-0.05, 0) is 25.0 Å². The number of hydrogen-bond donors (Lipinski definition) is 0. The number of amides is 1. The Bertz CT molecular complexity index is 851. The van der Waals surface area contributed by atoms with Gasteiger partial charge in [-0.2, -0.15) is 0 Å². The van der Waals surface area contributed by atoms with Gasteiger partial charge in [0.1, 0.15) is 11.6 Å². The van der Waals surface area contributed by atoms with Crippen molar-refractivity contribution in [3.63, 3.8) is 0 Å². The Labute approximate surface area is 142 Å². The van der Waals surface area contributed by atoms with Crippen LogP contribution in [-0.4, -0.2) is 46.8 Å². The Morgan fingerprint density at radius 2 is 1.96 bits per heavy atom. The molecular formula is C17H23N3O3S. The maximum Gasteiger partial charge on any atom is 0.237 e. The topological polar surface area (TPSA) is 72.3 Å². The van der Waals surface area contributed by atoms with Crippen molar-refractivity contribution in [2.45, 2.75) is 37.5 Å². The highest BCUT2D eigenvalue weighted by molar-refractivity contribution is 7.92. The fourth-order valence-electron chi connectivity index (χ4n) is 3.28. The SMILES string of the molecule is CN(Cc1nc2ccccc2n1C)C(=O)CS(=O)(=O)C1CCCC1. The van der Waals surface area contributed by atoms with Crippen molar-refractivity contribution < 1.29 is 13.2 Å². The molecule has 0 saturated heterocycles. The van der Waals surface area contributed by atoms with Crippen LogP contribution in [0.15, 0.2) is 24.3 Å². The second kappa shape index (κ2) is 6.55. The third-order valence-corrected chi connectivity index (χ3v) is 6.96. The summed E-state index contributed by atoms with van der Waals surface area (Å²) in [6.45, 7) is 0.296. The number of rotatable bonds is 5. The van der Waals surface area contributed by atoms with Gasteiger partial charge in [0.2, 0.25) is 5.91 Å². The highest BCUT2D eigenvalue weighted by Crippen LogP contribution is 2.25. The minimum absolute atomic E-state index is 0.296. The molecule has 1 saturated carbocycles. The van der Waals surface area contributed by atoms with Crippen LogP contribution in [0, 0.1) is 0 Å². The van der Waals surface area contributed by atoms with E-state index in [1.807, 2.05) is 35.9 Å². The van der Waals surface area contributed by atoms with E-state index in [-0.39, 0.29) is 11.2 Å². The number of fused-ring (bicyclic) bond motifs is 1. The molecule has 1 aliphatic rings. The van der Waals surface area contributed by atoms with Crippen LogP contribution in [0.1, 0.15) is 31.5 Å². The minimum Gasteiger partial charge on any atom is -0.337 e. The van der Waals surface area contributed by atoms with Crippen LogP contribution in [-0.2, 0) is 28.2 Å². The Kier molecular flexibility index (Phi) is 4.62. The molecule has 0 bridgehead atoms. The Morgan fingerprint density at radius 1 is 1.29 bits per heavy atom. The summed E-state index contributed by atoms with van der Waals surface area (Å²) in [6, 6.07) is 7.75. The van der Waals surface area contributed by atoms with Crippen LogP contribution >= 0.6 is 0 Å². The van der Waals surface area contributed by atoms with Gasteiger partial charge in [-0.15, -0.1) is 0 Å². The highest BCUT2D eigenvalue weighted by Gasteiger charge is 2.31. The van der Waals surface area contributed by atoms with Gasteiger partial charge in [0, 0.05) is 14.1 Å². The molecule has 1 aromatic carbocycles. The van der Waals surface area contributed by atoms with Crippen LogP contribution in [0.5, 0.6) is 0 Å². The lowest BCUT2D eigenvalue weighted by Crippen LogP contribution is -2.35. The first-order valence-electron chi connectivity index (χ1n) is 8.24. The lowest BCUT2D eigenvalue weighted by Gasteiger charge is -2.18. The summed E-state index contributed by atoms with van der Waals surface area (Å²) < 4.78 is 26.6. The summed E-state index contributed by atoms with van der Waals surface area (Å²) in [4.78, 5) is 18.3. The number of hydrogen-bond acceptors (Lipinski definition) is 4. The van der Waals surface area contributed by atoms with Gasteiger partial charge in [0.25, 0.3) is 0 Å². The zero-order chi connectivity index (χ0) is 17.3. The molecule has 6 nitrogen and oxygen atoms in total. The number of imidazole rings is 1. The predicted molar refractivity (Wildman–Crippen MR) is 93.2 cm³/mol. The molecule has 0 aliphatic heterocycles. The van der Waals surface area contributed by atoms with E-state index in [0.29, 0.717) is 19.4 Å². The Morgan fingerprint density at radius 3 is 2.62 bits per heavy atom. The number of para-hydroxylation sites is 2. The standard InChI is InChI=1S/C17H23N3O3S/c1-19(17(21)12-24(22,23)13-7-3-4-8-13)11-16-18-14-9-5-6-10-15(14)20(16)2/h5-6,9-10,13H,3-4,7-8,11-12H2,1-2H3. The number of aromatic nitrogens is 2.